The molecule has 4 heteroatoms. The molecule has 0 spiro atoms. The predicted molar refractivity (Wildman–Crippen MR) is 171 cm³/mol. The summed E-state index contributed by atoms with van der Waals surface area (Å²) in [5.41, 5.74) is 16.3. The zero-order valence-electron chi connectivity index (χ0n) is 22.3. The number of imidazole rings is 1. The first kappa shape index (κ1) is 20.7. The minimum absolute atomic E-state index is 0.138. The molecule has 0 amide bonds. The van der Waals surface area contributed by atoms with Gasteiger partial charge in [-0.25, -0.2) is 0 Å². The first-order valence-electron chi connectivity index (χ1n) is 14.3. The molecule has 3 nitrogen and oxygen atoms in total. The van der Waals surface area contributed by atoms with Gasteiger partial charge in [-0.05, 0) is 64.0 Å². The highest BCUT2D eigenvalue weighted by Crippen LogP contribution is 2.42. The molecule has 0 bridgehead atoms. The molecular formula is C37H21BN2O. The summed E-state index contributed by atoms with van der Waals surface area (Å²) in [5.74, 6) is 0. The van der Waals surface area contributed by atoms with Crippen LogP contribution in [0.2, 0.25) is 0 Å². The third-order valence-corrected chi connectivity index (χ3v) is 9.72. The standard InChI is InChI=1S/C37H21BN2O/c1-20-18-26-32-27(17-16-24-23-10-4-7-13-31(23)41-36(24)32)38-33(26)30(19-20)39-28-11-5-6-12-29(28)40-35-22-9-3-2-8-21(22)14-15-25(35)34(38)37(39)40/h2-19H,1H3. The van der Waals surface area contributed by atoms with E-state index in [0.717, 1.165) is 11.2 Å². The first-order valence-corrected chi connectivity index (χ1v) is 14.3. The lowest BCUT2D eigenvalue weighted by molar-refractivity contribution is 0.670. The molecule has 0 atom stereocenters. The summed E-state index contributed by atoms with van der Waals surface area (Å²) in [7, 11) is 0. The Bertz CT molecular complexity index is 2670. The number of furan rings is 1. The quantitative estimate of drug-likeness (QED) is 0.194. The zero-order valence-corrected chi connectivity index (χ0v) is 22.3. The second-order valence-corrected chi connectivity index (χ2v) is 11.8. The van der Waals surface area contributed by atoms with E-state index in [1.54, 1.807) is 0 Å². The Hall–Kier alpha value is -5.22. The Kier molecular flexibility index (Phi) is 3.39. The van der Waals surface area contributed by atoms with E-state index in [1.807, 2.05) is 0 Å². The number of fused-ring (bicyclic) bond motifs is 17. The molecule has 0 saturated carbocycles. The van der Waals surface area contributed by atoms with Crippen molar-refractivity contribution in [2.75, 3.05) is 0 Å². The van der Waals surface area contributed by atoms with Gasteiger partial charge in [0.25, 0.3) is 6.71 Å². The fraction of sp³-hybridized carbons (Fsp3) is 0.0270. The number of aromatic nitrogens is 2. The third kappa shape index (κ3) is 2.22. The van der Waals surface area contributed by atoms with Crippen LogP contribution in [0.3, 0.4) is 0 Å². The summed E-state index contributed by atoms with van der Waals surface area (Å²) in [5, 5.41) is 6.27. The van der Waals surface area contributed by atoms with Gasteiger partial charge in [0, 0.05) is 27.4 Å². The molecule has 6 aromatic carbocycles. The van der Waals surface area contributed by atoms with Crippen LogP contribution in [0.15, 0.2) is 114 Å². The van der Waals surface area contributed by atoms with Crippen LogP contribution < -0.4 is 16.4 Å². The number of hydrogen-bond donors (Lipinski definition) is 0. The van der Waals surface area contributed by atoms with Crippen LogP contribution in [0, 0.1) is 6.92 Å². The molecule has 3 aromatic heterocycles. The van der Waals surface area contributed by atoms with Gasteiger partial charge in [-0.3, -0.25) is 8.97 Å². The van der Waals surface area contributed by atoms with Gasteiger partial charge in [-0.15, -0.1) is 0 Å². The molecule has 2 aliphatic heterocycles. The minimum atomic E-state index is 0.138. The molecule has 9 aromatic rings. The van der Waals surface area contributed by atoms with Crippen molar-refractivity contribution in [3.63, 3.8) is 0 Å². The van der Waals surface area contributed by atoms with E-state index in [9.17, 15) is 0 Å². The number of hydrogen-bond acceptors (Lipinski definition) is 1. The molecule has 0 N–H and O–H groups in total. The smallest absolute Gasteiger partial charge is 0.251 e. The van der Waals surface area contributed by atoms with Crippen molar-refractivity contribution in [3.05, 3.63) is 115 Å². The van der Waals surface area contributed by atoms with Crippen molar-refractivity contribution in [2.24, 2.45) is 0 Å². The average Bonchev–Trinajstić information content (AvgIpc) is 3.73. The predicted octanol–water partition coefficient (Wildman–Crippen LogP) is 7.21. The molecular weight excluding hydrogens is 499 g/mol. The van der Waals surface area contributed by atoms with Crippen molar-refractivity contribution >= 4 is 83.4 Å². The Labute approximate surface area is 234 Å². The number of aryl methyl sites for hydroxylation is 1. The molecule has 41 heavy (non-hydrogen) atoms. The Morgan fingerprint density at radius 2 is 1.44 bits per heavy atom. The van der Waals surface area contributed by atoms with E-state index in [2.05, 4.69) is 125 Å². The van der Waals surface area contributed by atoms with Crippen LogP contribution >= 0.6 is 0 Å². The van der Waals surface area contributed by atoms with Crippen molar-refractivity contribution in [1.29, 1.82) is 0 Å². The van der Waals surface area contributed by atoms with Gasteiger partial charge >= 0.3 is 0 Å². The largest absolute Gasteiger partial charge is 0.455 e. The van der Waals surface area contributed by atoms with E-state index in [-0.39, 0.29) is 6.71 Å². The molecule has 5 heterocycles. The van der Waals surface area contributed by atoms with Crippen LogP contribution in [0.5, 0.6) is 0 Å². The van der Waals surface area contributed by atoms with Crippen molar-refractivity contribution in [1.82, 2.24) is 8.97 Å². The summed E-state index contributed by atoms with van der Waals surface area (Å²) in [6.07, 6.45) is 0. The van der Waals surface area contributed by atoms with Crippen LogP contribution in [0.4, 0.5) is 0 Å². The minimum Gasteiger partial charge on any atom is -0.455 e. The van der Waals surface area contributed by atoms with Gasteiger partial charge in [0.2, 0.25) is 0 Å². The fourth-order valence-corrected chi connectivity index (χ4v) is 8.25. The van der Waals surface area contributed by atoms with Crippen molar-refractivity contribution in [2.45, 2.75) is 6.92 Å². The Balaban J connectivity index is 1.41. The summed E-state index contributed by atoms with van der Waals surface area (Å²) >= 11 is 0. The van der Waals surface area contributed by atoms with E-state index in [4.69, 9.17) is 4.42 Å². The third-order valence-electron chi connectivity index (χ3n) is 9.72. The molecule has 0 radical (unpaired) electrons. The maximum atomic E-state index is 6.66. The van der Waals surface area contributed by atoms with Gasteiger partial charge in [0.1, 0.15) is 16.8 Å². The normalized spacial score (nSPS) is 13.4. The molecule has 188 valence electrons. The molecule has 0 fully saturated rings. The highest BCUT2D eigenvalue weighted by molar-refractivity contribution is 7.02. The maximum absolute atomic E-state index is 6.66. The highest BCUT2D eigenvalue weighted by atomic mass is 16.3. The van der Waals surface area contributed by atoms with Crippen LogP contribution in [0.25, 0.3) is 77.1 Å². The van der Waals surface area contributed by atoms with Gasteiger partial charge in [0.15, 0.2) is 0 Å². The van der Waals surface area contributed by atoms with Crippen LogP contribution in [-0.4, -0.2) is 15.7 Å². The van der Waals surface area contributed by atoms with E-state index in [0.29, 0.717) is 0 Å². The Morgan fingerprint density at radius 3 is 2.37 bits per heavy atom. The van der Waals surface area contributed by atoms with E-state index >= 15 is 0 Å². The highest BCUT2D eigenvalue weighted by Gasteiger charge is 2.44. The molecule has 0 unspecified atom stereocenters. The number of para-hydroxylation sites is 3. The SMILES string of the molecule is Cc1cc2c3c(c1)-n1c4ccccc4n4c5c(ccc6ccccc65)c(c14)B3c1ccc3c(oc4ccccc43)c1-2. The number of rotatable bonds is 0. The lowest BCUT2D eigenvalue weighted by Crippen LogP contribution is -2.53. The fourth-order valence-electron chi connectivity index (χ4n) is 8.25. The van der Waals surface area contributed by atoms with Gasteiger partial charge in [0.05, 0.1) is 16.6 Å². The summed E-state index contributed by atoms with van der Waals surface area (Å²) in [4.78, 5) is 0. The van der Waals surface area contributed by atoms with E-state index < -0.39 is 0 Å². The molecule has 11 rings (SSSR count). The second kappa shape index (κ2) is 6.73. The summed E-state index contributed by atoms with van der Waals surface area (Å²) < 4.78 is 11.7. The lowest BCUT2D eigenvalue weighted by atomic mass is 9.37. The number of benzene rings is 6. The van der Waals surface area contributed by atoms with Crippen molar-refractivity contribution in [3.8, 4) is 16.8 Å². The monoisotopic (exact) mass is 520 g/mol. The van der Waals surface area contributed by atoms with Gasteiger partial charge in [-0.2, -0.15) is 0 Å². The summed E-state index contributed by atoms with van der Waals surface area (Å²) in [6.45, 7) is 2.36. The molecule has 2 aliphatic rings. The van der Waals surface area contributed by atoms with Crippen LogP contribution in [-0.2, 0) is 0 Å². The van der Waals surface area contributed by atoms with Crippen molar-refractivity contribution < 1.29 is 4.42 Å². The average molecular weight is 520 g/mol. The summed E-state index contributed by atoms with van der Waals surface area (Å²) in [6, 6.07) is 40.2. The maximum Gasteiger partial charge on any atom is 0.251 e. The first-order chi connectivity index (χ1) is 20.3. The van der Waals surface area contributed by atoms with E-state index in [1.165, 1.54) is 87.9 Å². The Morgan fingerprint density at radius 1 is 0.659 bits per heavy atom. The zero-order chi connectivity index (χ0) is 26.6. The molecule has 0 aliphatic carbocycles. The molecule has 0 saturated heterocycles. The van der Waals surface area contributed by atoms with Gasteiger partial charge in [-0.1, -0.05) is 90.4 Å². The number of nitrogens with zero attached hydrogens (tertiary/aromatic N) is 2. The lowest BCUT2D eigenvalue weighted by Gasteiger charge is -2.23. The second-order valence-electron chi connectivity index (χ2n) is 11.8. The topological polar surface area (TPSA) is 22.5 Å². The van der Waals surface area contributed by atoms with Crippen LogP contribution in [0.1, 0.15) is 5.56 Å². The van der Waals surface area contributed by atoms with Gasteiger partial charge < -0.3 is 4.42 Å².